The number of methoxy groups -OCH3 is 2. The Morgan fingerprint density at radius 1 is 0.885 bits per heavy atom. The summed E-state index contributed by atoms with van der Waals surface area (Å²) in [6.07, 6.45) is 0. The molecule has 1 amide bonds. The molecule has 3 aromatic carbocycles. The molecule has 5 nitrogen and oxygen atoms in total. The van der Waals surface area contributed by atoms with Crippen LogP contribution >= 0.6 is 0 Å². The lowest BCUT2D eigenvalue weighted by Gasteiger charge is -2.18. The van der Waals surface area contributed by atoms with Gasteiger partial charge in [0.15, 0.2) is 11.5 Å². The third-order valence-electron chi connectivity index (χ3n) is 4.28. The van der Waals surface area contributed by atoms with Gasteiger partial charge in [0.25, 0.3) is 5.91 Å². The predicted molar refractivity (Wildman–Crippen MR) is 106 cm³/mol. The lowest BCUT2D eigenvalue weighted by molar-refractivity contribution is 0.102. The molecular formula is C21H22N2O3. The van der Waals surface area contributed by atoms with Crippen molar-refractivity contribution in [3.63, 3.8) is 0 Å². The van der Waals surface area contributed by atoms with Crippen LogP contribution in [0.1, 0.15) is 10.4 Å². The first-order valence-corrected chi connectivity index (χ1v) is 8.27. The minimum atomic E-state index is -0.200. The first-order valence-electron chi connectivity index (χ1n) is 8.27. The molecule has 0 saturated carbocycles. The van der Waals surface area contributed by atoms with E-state index >= 15 is 0 Å². The Morgan fingerprint density at radius 3 is 2.23 bits per heavy atom. The van der Waals surface area contributed by atoms with Gasteiger partial charge in [0.2, 0.25) is 0 Å². The van der Waals surface area contributed by atoms with Crippen LogP contribution in [0.2, 0.25) is 0 Å². The molecule has 0 bridgehead atoms. The van der Waals surface area contributed by atoms with Crippen LogP contribution in [0.3, 0.4) is 0 Å². The van der Waals surface area contributed by atoms with E-state index in [4.69, 9.17) is 9.47 Å². The molecule has 0 unspecified atom stereocenters. The molecular weight excluding hydrogens is 328 g/mol. The molecule has 0 aromatic heterocycles. The number of hydrogen-bond acceptors (Lipinski definition) is 4. The zero-order valence-corrected chi connectivity index (χ0v) is 15.4. The van der Waals surface area contributed by atoms with Crippen molar-refractivity contribution in [2.75, 3.05) is 38.5 Å². The molecule has 3 rings (SSSR count). The highest BCUT2D eigenvalue weighted by atomic mass is 16.5. The third kappa shape index (κ3) is 3.28. The lowest BCUT2D eigenvalue weighted by Crippen LogP contribution is -2.13. The fourth-order valence-corrected chi connectivity index (χ4v) is 2.95. The Bertz CT molecular complexity index is 951. The van der Waals surface area contributed by atoms with Crippen LogP contribution in [0.15, 0.2) is 54.6 Å². The van der Waals surface area contributed by atoms with Crippen molar-refractivity contribution >= 4 is 28.1 Å². The van der Waals surface area contributed by atoms with Gasteiger partial charge in [-0.05, 0) is 30.3 Å². The largest absolute Gasteiger partial charge is 0.493 e. The highest BCUT2D eigenvalue weighted by Crippen LogP contribution is 2.32. The molecule has 134 valence electrons. The number of carbonyl (C=O) groups is 1. The highest BCUT2D eigenvalue weighted by Gasteiger charge is 2.13. The molecule has 0 aliphatic heterocycles. The van der Waals surface area contributed by atoms with Crippen molar-refractivity contribution in [1.82, 2.24) is 0 Å². The van der Waals surface area contributed by atoms with Crippen molar-refractivity contribution in [3.8, 4) is 11.5 Å². The summed E-state index contributed by atoms with van der Waals surface area (Å²) in [6.45, 7) is 0. The van der Waals surface area contributed by atoms with Gasteiger partial charge >= 0.3 is 0 Å². The van der Waals surface area contributed by atoms with E-state index in [2.05, 4.69) is 16.3 Å². The Balaban J connectivity index is 1.97. The topological polar surface area (TPSA) is 50.8 Å². The van der Waals surface area contributed by atoms with Crippen molar-refractivity contribution in [3.05, 3.63) is 60.2 Å². The molecule has 0 spiro atoms. The Labute approximate surface area is 153 Å². The van der Waals surface area contributed by atoms with E-state index < -0.39 is 0 Å². The fourth-order valence-electron chi connectivity index (χ4n) is 2.95. The van der Waals surface area contributed by atoms with Crippen LogP contribution in [-0.2, 0) is 0 Å². The van der Waals surface area contributed by atoms with Crippen LogP contribution in [0.4, 0.5) is 11.4 Å². The minimum Gasteiger partial charge on any atom is -0.493 e. The van der Waals surface area contributed by atoms with E-state index in [9.17, 15) is 4.79 Å². The first-order chi connectivity index (χ1) is 12.5. The van der Waals surface area contributed by atoms with Gasteiger partial charge in [0.1, 0.15) is 0 Å². The van der Waals surface area contributed by atoms with Crippen molar-refractivity contribution in [2.24, 2.45) is 0 Å². The van der Waals surface area contributed by atoms with Gasteiger partial charge in [-0.15, -0.1) is 0 Å². The second-order valence-electron chi connectivity index (χ2n) is 6.10. The lowest BCUT2D eigenvalue weighted by atomic mass is 10.1. The summed E-state index contributed by atoms with van der Waals surface area (Å²) >= 11 is 0. The van der Waals surface area contributed by atoms with Gasteiger partial charge in [-0.3, -0.25) is 4.79 Å². The number of anilines is 2. The van der Waals surface area contributed by atoms with E-state index in [1.54, 1.807) is 32.4 Å². The number of nitrogens with zero attached hydrogens (tertiary/aromatic N) is 1. The number of ether oxygens (including phenoxy) is 2. The maximum atomic E-state index is 12.7. The van der Waals surface area contributed by atoms with Crippen molar-refractivity contribution in [2.45, 2.75) is 0 Å². The average molecular weight is 350 g/mol. The molecule has 0 aliphatic carbocycles. The van der Waals surface area contributed by atoms with Gasteiger partial charge in [0.05, 0.1) is 14.2 Å². The molecule has 5 heteroatoms. The van der Waals surface area contributed by atoms with Crippen LogP contribution in [0.5, 0.6) is 11.5 Å². The Kier molecular flexibility index (Phi) is 4.98. The zero-order chi connectivity index (χ0) is 18.7. The third-order valence-corrected chi connectivity index (χ3v) is 4.28. The molecule has 26 heavy (non-hydrogen) atoms. The molecule has 0 fully saturated rings. The fraction of sp³-hybridized carbons (Fsp3) is 0.190. The molecule has 0 atom stereocenters. The summed E-state index contributed by atoms with van der Waals surface area (Å²) in [5.74, 6) is 0.909. The smallest absolute Gasteiger partial charge is 0.255 e. The van der Waals surface area contributed by atoms with E-state index in [1.165, 1.54) is 0 Å². The predicted octanol–water partition coefficient (Wildman–Crippen LogP) is 4.18. The van der Waals surface area contributed by atoms with Gasteiger partial charge in [-0.2, -0.15) is 0 Å². The molecule has 0 radical (unpaired) electrons. The number of benzene rings is 3. The summed E-state index contributed by atoms with van der Waals surface area (Å²) in [6, 6.07) is 17.1. The highest BCUT2D eigenvalue weighted by molar-refractivity contribution is 6.11. The quantitative estimate of drug-likeness (QED) is 0.750. The van der Waals surface area contributed by atoms with Crippen LogP contribution in [0, 0.1) is 0 Å². The molecule has 1 N–H and O–H groups in total. The standard InChI is InChI=1S/C21H22N2O3/c1-23(2)18-11-10-17(15-7-5-6-8-16(15)18)22-21(24)14-9-12-19(25-3)20(13-14)26-4/h5-13H,1-4H3,(H,22,24). The second-order valence-corrected chi connectivity index (χ2v) is 6.10. The summed E-state index contributed by atoms with van der Waals surface area (Å²) < 4.78 is 10.5. The van der Waals surface area contributed by atoms with Crippen LogP contribution < -0.4 is 19.7 Å². The molecule has 3 aromatic rings. The maximum Gasteiger partial charge on any atom is 0.255 e. The Morgan fingerprint density at radius 2 is 1.58 bits per heavy atom. The number of carbonyl (C=O) groups excluding carboxylic acids is 1. The Hall–Kier alpha value is -3.21. The number of hydrogen-bond donors (Lipinski definition) is 1. The molecule has 0 aliphatic rings. The van der Waals surface area contributed by atoms with Gasteiger partial charge in [-0.1, -0.05) is 24.3 Å². The first kappa shape index (κ1) is 17.6. The van der Waals surface area contributed by atoms with Gasteiger partial charge in [0, 0.05) is 41.8 Å². The summed E-state index contributed by atoms with van der Waals surface area (Å²) in [5, 5.41) is 5.08. The van der Waals surface area contributed by atoms with Gasteiger partial charge in [-0.25, -0.2) is 0 Å². The van der Waals surface area contributed by atoms with Crippen LogP contribution in [0.25, 0.3) is 10.8 Å². The normalized spacial score (nSPS) is 10.5. The zero-order valence-electron chi connectivity index (χ0n) is 15.4. The minimum absolute atomic E-state index is 0.200. The average Bonchev–Trinajstić information content (AvgIpc) is 2.67. The SMILES string of the molecule is COc1ccc(C(=O)Nc2ccc(N(C)C)c3ccccc23)cc1OC. The molecule has 0 heterocycles. The summed E-state index contributed by atoms with van der Waals surface area (Å²) in [5.41, 5.74) is 2.37. The number of fused-ring (bicyclic) bond motifs is 1. The van der Waals surface area contributed by atoms with Crippen LogP contribution in [-0.4, -0.2) is 34.2 Å². The monoisotopic (exact) mass is 350 g/mol. The van der Waals surface area contributed by atoms with Crippen molar-refractivity contribution < 1.29 is 14.3 Å². The van der Waals surface area contributed by atoms with Gasteiger partial charge < -0.3 is 19.7 Å². The summed E-state index contributed by atoms with van der Waals surface area (Å²) in [7, 11) is 7.12. The van der Waals surface area contributed by atoms with E-state index in [-0.39, 0.29) is 5.91 Å². The number of nitrogens with one attached hydrogen (secondary N) is 1. The number of rotatable bonds is 5. The van der Waals surface area contributed by atoms with E-state index in [1.807, 2.05) is 44.4 Å². The maximum absolute atomic E-state index is 12.7. The van der Waals surface area contributed by atoms with E-state index in [0.717, 1.165) is 22.1 Å². The molecule has 0 saturated heterocycles. The van der Waals surface area contributed by atoms with Crippen molar-refractivity contribution in [1.29, 1.82) is 0 Å². The summed E-state index contributed by atoms with van der Waals surface area (Å²) in [4.78, 5) is 14.8. The van der Waals surface area contributed by atoms with E-state index in [0.29, 0.717) is 17.1 Å². The second kappa shape index (κ2) is 7.35. The number of amides is 1.